The fourth-order valence-corrected chi connectivity index (χ4v) is 1.94. The molecule has 0 N–H and O–H groups in total. The minimum atomic E-state index is 0.748. The van der Waals surface area contributed by atoms with Crippen molar-refractivity contribution in [1.29, 1.82) is 0 Å². The summed E-state index contributed by atoms with van der Waals surface area (Å²) in [5.41, 5.74) is 1.49. The first-order chi connectivity index (χ1) is 5.74. The Morgan fingerprint density at radius 3 is 2.50 bits per heavy atom. The Morgan fingerprint density at radius 2 is 1.92 bits per heavy atom. The second-order valence-corrected chi connectivity index (χ2v) is 4.26. The highest BCUT2D eigenvalue weighted by atomic mass is 32.2. The quantitative estimate of drug-likeness (QED) is 0.640. The molecule has 0 saturated carbocycles. The molecule has 1 aromatic rings. The van der Waals surface area contributed by atoms with Gasteiger partial charge in [0.25, 0.3) is 0 Å². The van der Waals surface area contributed by atoms with Gasteiger partial charge in [-0.2, -0.15) is 0 Å². The molecule has 0 heterocycles. The van der Waals surface area contributed by atoms with Crippen LogP contribution < -0.4 is 0 Å². The molecular formula is C11H16S. The van der Waals surface area contributed by atoms with Gasteiger partial charge >= 0.3 is 0 Å². The monoisotopic (exact) mass is 180 g/mol. The van der Waals surface area contributed by atoms with Gasteiger partial charge in [0.05, 0.1) is 0 Å². The van der Waals surface area contributed by atoms with E-state index in [9.17, 15) is 0 Å². The van der Waals surface area contributed by atoms with Crippen LogP contribution in [0.25, 0.3) is 0 Å². The molecule has 0 aliphatic heterocycles. The summed E-state index contributed by atoms with van der Waals surface area (Å²) in [6.45, 7) is 4.52. The van der Waals surface area contributed by atoms with E-state index >= 15 is 0 Å². The Balaban J connectivity index is 2.82. The molecular weight excluding hydrogens is 164 g/mol. The second kappa shape index (κ2) is 4.56. The van der Waals surface area contributed by atoms with Crippen LogP contribution in [0.15, 0.2) is 29.2 Å². The van der Waals surface area contributed by atoms with Crippen molar-refractivity contribution in [1.82, 2.24) is 0 Å². The molecule has 1 heteroatoms. The Kier molecular flexibility index (Phi) is 3.67. The van der Waals surface area contributed by atoms with Gasteiger partial charge in [0.2, 0.25) is 0 Å². The van der Waals surface area contributed by atoms with Crippen molar-refractivity contribution in [2.24, 2.45) is 5.92 Å². The van der Waals surface area contributed by atoms with E-state index in [-0.39, 0.29) is 0 Å². The van der Waals surface area contributed by atoms with Crippen LogP contribution in [0.4, 0.5) is 0 Å². The fourth-order valence-electron chi connectivity index (χ4n) is 1.31. The summed E-state index contributed by atoms with van der Waals surface area (Å²) in [4.78, 5) is 1.42. The summed E-state index contributed by atoms with van der Waals surface area (Å²) < 4.78 is 0. The topological polar surface area (TPSA) is 0 Å². The third-order valence-corrected chi connectivity index (χ3v) is 2.66. The average molecular weight is 180 g/mol. The SMILES string of the molecule is CSc1ccccc1CC(C)C. The minimum Gasteiger partial charge on any atom is -0.129 e. The molecule has 66 valence electrons. The average Bonchev–Trinajstić information content (AvgIpc) is 2.04. The number of hydrogen-bond acceptors (Lipinski definition) is 1. The fraction of sp³-hybridized carbons (Fsp3) is 0.455. The normalized spacial score (nSPS) is 10.7. The Hall–Kier alpha value is -0.430. The van der Waals surface area contributed by atoms with Crippen molar-refractivity contribution in [3.05, 3.63) is 29.8 Å². The maximum atomic E-state index is 2.26. The first kappa shape index (κ1) is 9.66. The molecule has 1 aromatic carbocycles. The summed E-state index contributed by atoms with van der Waals surface area (Å²) in [6.07, 6.45) is 3.33. The Labute approximate surface area is 79.4 Å². The van der Waals surface area contributed by atoms with Gasteiger partial charge < -0.3 is 0 Å². The number of rotatable bonds is 3. The van der Waals surface area contributed by atoms with E-state index < -0.39 is 0 Å². The molecule has 0 unspecified atom stereocenters. The first-order valence-electron chi connectivity index (χ1n) is 4.36. The van der Waals surface area contributed by atoms with E-state index in [1.807, 2.05) is 11.8 Å². The highest BCUT2D eigenvalue weighted by Gasteiger charge is 2.01. The maximum Gasteiger partial charge on any atom is 0.0101 e. The zero-order valence-electron chi connectivity index (χ0n) is 8.00. The van der Waals surface area contributed by atoms with Crippen LogP contribution in [0.3, 0.4) is 0 Å². The number of hydrogen-bond donors (Lipinski definition) is 0. The van der Waals surface area contributed by atoms with Crippen molar-refractivity contribution in [2.75, 3.05) is 6.26 Å². The largest absolute Gasteiger partial charge is 0.129 e. The van der Waals surface area contributed by atoms with E-state index in [1.54, 1.807) is 0 Å². The molecule has 1 rings (SSSR count). The molecule has 0 radical (unpaired) electrons. The molecule has 0 aliphatic carbocycles. The lowest BCUT2D eigenvalue weighted by atomic mass is 10.0. The molecule has 0 aliphatic rings. The first-order valence-corrected chi connectivity index (χ1v) is 5.58. The number of benzene rings is 1. The lowest BCUT2D eigenvalue weighted by Gasteiger charge is -2.08. The van der Waals surface area contributed by atoms with Crippen LogP contribution in [0.1, 0.15) is 19.4 Å². The van der Waals surface area contributed by atoms with Crippen molar-refractivity contribution >= 4 is 11.8 Å². The van der Waals surface area contributed by atoms with Crippen molar-refractivity contribution in [3.63, 3.8) is 0 Å². The van der Waals surface area contributed by atoms with E-state index in [4.69, 9.17) is 0 Å². The van der Waals surface area contributed by atoms with E-state index in [2.05, 4.69) is 44.4 Å². The molecule has 12 heavy (non-hydrogen) atoms. The van der Waals surface area contributed by atoms with Gasteiger partial charge in [-0.25, -0.2) is 0 Å². The van der Waals surface area contributed by atoms with Crippen LogP contribution >= 0.6 is 11.8 Å². The summed E-state index contributed by atoms with van der Waals surface area (Å²) in [5, 5.41) is 0. The molecule has 0 spiro atoms. The Morgan fingerprint density at radius 1 is 1.25 bits per heavy atom. The molecule has 0 nitrogen and oxygen atoms in total. The smallest absolute Gasteiger partial charge is 0.0101 e. The second-order valence-electron chi connectivity index (χ2n) is 3.41. The van der Waals surface area contributed by atoms with Crippen LogP contribution in [0.5, 0.6) is 0 Å². The molecule has 0 fully saturated rings. The molecule has 0 bridgehead atoms. The lowest BCUT2D eigenvalue weighted by Crippen LogP contribution is -1.95. The van der Waals surface area contributed by atoms with Crippen molar-refractivity contribution < 1.29 is 0 Å². The van der Waals surface area contributed by atoms with Crippen molar-refractivity contribution in [3.8, 4) is 0 Å². The number of thioether (sulfide) groups is 1. The zero-order chi connectivity index (χ0) is 8.97. The standard InChI is InChI=1S/C11H16S/c1-9(2)8-10-6-4-5-7-11(10)12-3/h4-7,9H,8H2,1-3H3. The van der Waals surface area contributed by atoms with E-state index in [0.29, 0.717) is 0 Å². The van der Waals surface area contributed by atoms with Gasteiger partial charge in [0, 0.05) is 4.90 Å². The predicted molar refractivity (Wildman–Crippen MR) is 56.8 cm³/mol. The van der Waals surface area contributed by atoms with Crippen LogP contribution in [-0.2, 0) is 6.42 Å². The summed E-state index contributed by atoms with van der Waals surface area (Å²) in [6, 6.07) is 8.65. The predicted octanol–water partition coefficient (Wildman–Crippen LogP) is 3.61. The van der Waals surface area contributed by atoms with Gasteiger partial charge in [-0.05, 0) is 30.2 Å². The third-order valence-electron chi connectivity index (χ3n) is 1.82. The molecule has 0 aromatic heterocycles. The molecule has 0 saturated heterocycles. The van der Waals surface area contributed by atoms with Gasteiger partial charge in [-0.3, -0.25) is 0 Å². The zero-order valence-corrected chi connectivity index (χ0v) is 8.82. The lowest BCUT2D eigenvalue weighted by molar-refractivity contribution is 0.640. The third kappa shape index (κ3) is 2.56. The minimum absolute atomic E-state index is 0.748. The van der Waals surface area contributed by atoms with Crippen LogP contribution in [0, 0.1) is 5.92 Å². The summed E-state index contributed by atoms with van der Waals surface area (Å²) in [5.74, 6) is 0.748. The van der Waals surface area contributed by atoms with Gasteiger partial charge in [-0.1, -0.05) is 32.0 Å². The Bertz CT molecular complexity index is 241. The maximum absolute atomic E-state index is 2.26. The highest BCUT2D eigenvalue weighted by Crippen LogP contribution is 2.22. The highest BCUT2D eigenvalue weighted by molar-refractivity contribution is 7.98. The van der Waals surface area contributed by atoms with E-state index in [0.717, 1.165) is 5.92 Å². The van der Waals surface area contributed by atoms with Gasteiger partial charge in [0.1, 0.15) is 0 Å². The van der Waals surface area contributed by atoms with E-state index in [1.165, 1.54) is 16.9 Å². The van der Waals surface area contributed by atoms with Crippen LogP contribution in [0.2, 0.25) is 0 Å². The summed E-state index contributed by atoms with van der Waals surface area (Å²) >= 11 is 1.84. The van der Waals surface area contributed by atoms with Gasteiger partial charge in [0.15, 0.2) is 0 Å². The summed E-state index contributed by atoms with van der Waals surface area (Å²) in [7, 11) is 0. The molecule has 0 atom stereocenters. The van der Waals surface area contributed by atoms with Gasteiger partial charge in [-0.15, -0.1) is 11.8 Å². The van der Waals surface area contributed by atoms with Crippen molar-refractivity contribution in [2.45, 2.75) is 25.2 Å². The molecule has 0 amide bonds. The van der Waals surface area contributed by atoms with Crippen LogP contribution in [-0.4, -0.2) is 6.26 Å².